The van der Waals surface area contributed by atoms with Crippen LogP contribution in [0.15, 0.2) is 0 Å². The van der Waals surface area contributed by atoms with Crippen LogP contribution in [0.1, 0.15) is 0 Å². The van der Waals surface area contributed by atoms with Crippen molar-refractivity contribution in [2.75, 3.05) is 0 Å². The first-order valence-electron chi connectivity index (χ1n) is 0. The van der Waals surface area contributed by atoms with Crippen LogP contribution in [0.3, 0.4) is 0 Å². The van der Waals surface area contributed by atoms with Gasteiger partial charge in [0.05, 0.1) is 0 Å². The first-order chi connectivity index (χ1) is 0. The van der Waals surface area contributed by atoms with Crippen LogP contribution in [0.2, 0.25) is 0 Å². The standard InChI is InChI=1S/K.H3N.Nb.2H2O.H3P.W/h;1H3;;2*1H2;1H3;. The molecule has 0 saturated carbocycles. The molecular formula is H10KNNbO2PW. The number of rotatable bonds is 0. The van der Waals surface area contributed by atoms with Gasteiger partial charge in [-0.3, -0.25) is 0 Å². The SMILES string of the molecule is N.O.O.P.[K].[Nb].[W]. The van der Waals surface area contributed by atoms with E-state index in [9.17, 15) is 0 Å². The van der Waals surface area contributed by atoms with E-state index in [0.717, 1.165) is 0 Å². The van der Waals surface area contributed by atoms with Crippen molar-refractivity contribution in [3.63, 3.8) is 0 Å². The molecule has 0 aliphatic carbocycles. The van der Waals surface area contributed by atoms with Crippen LogP contribution < -0.4 is 6.15 Å². The second-order valence-electron chi connectivity index (χ2n) is 0. The predicted molar refractivity (Wildman–Crippen MR) is 29.1 cm³/mol. The molecule has 0 bridgehead atoms. The molecule has 7 heavy (non-hydrogen) atoms. The van der Waals surface area contributed by atoms with Crippen LogP contribution in [0.25, 0.3) is 0 Å². The van der Waals surface area contributed by atoms with E-state index >= 15 is 0 Å². The minimum Gasteiger partial charge on any atom is -0.412 e. The molecule has 7 N–H and O–H groups in total. The van der Waals surface area contributed by atoms with Gasteiger partial charge in [0, 0.05) is 94.8 Å². The Hall–Kier alpha value is 3.37. The molecule has 0 aliphatic heterocycles. The van der Waals surface area contributed by atoms with Gasteiger partial charge in [-0.25, -0.2) is 0 Å². The third-order valence-corrected chi connectivity index (χ3v) is 0. The maximum atomic E-state index is 0. The summed E-state index contributed by atoms with van der Waals surface area (Å²) in [6.45, 7) is 0. The van der Waals surface area contributed by atoms with Crippen molar-refractivity contribution in [2.45, 2.75) is 0 Å². The summed E-state index contributed by atoms with van der Waals surface area (Å²) in [5.41, 5.74) is 0. The van der Waals surface area contributed by atoms with Crippen molar-refractivity contribution in [1.82, 2.24) is 6.15 Å². The number of hydrogen-bond acceptors (Lipinski definition) is 1. The van der Waals surface area contributed by atoms with Gasteiger partial charge in [0.1, 0.15) is 0 Å². The van der Waals surface area contributed by atoms with Crippen molar-refractivity contribution >= 4 is 61.3 Å². The van der Waals surface area contributed by atoms with E-state index in [-0.39, 0.29) is 122 Å². The van der Waals surface area contributed by atoms with Gasteiger partial charge in [0.25, 0.3) is 0 Å². The summed E-state index contributed by atoms with van der Waals surface area (Å²) < 4.78 is 0. The molecule has 0 aromatic heterocycles. The summed E-state index contributed by atoms with van der Waals surface area (Å²) in [4.78, 5) is 0. The van der Waals surface area contributed by atoms with Crippen molar-refractivity contribution in [1.29, 1.82) is 0 Å². The summed E-state index contributed by atoms with van der Waals surface area (Å²) >= 11 is 0. The van der Waals surface area contributed by atoms with E-state index in [1.807, 2.05) is 0 Å². The average molecular weight is 403 g/mol. The molecule has 0 aromatic rings. The normalized spacial score (nSPS) is 0. The van der Waals surface area contributed by atoms with Gasteiger partial charge < -0.3 is 17.1 Å². The van der Waals surface area contributed by atoms with Gasteiger partial charge in [0.15, 0.2) is 0 Å². The molecule has 2 radical (unpaired) electrons. The Labute approximate surface area is 119 Å². The van der Waals surface area contributed by atoms with Crippen LogP contribution in [0, 0.1) is 0 Å². The zero-order valence-corrected chi connectivity index (χ0v) is 13.9. The van der Waals surface area contributed by atoms with Gasteiger partial charge >= 0.3 is 0 Å². The van der Waals surface area contributed by atoms with Crippen molar-refractivity contribution in [3.05, 3.63) is 0 Å². The van der Waals surface area contributed by atoms with Crippen molar-refractivity contribution in [2.24, 2.45) is 0 Å². The molecule has 0 rings (SSSR count). The Balaban J connectivity index is 0. The molecule has 0 aromatic carbocycles. The van der Waals surface area contributed by atoms with E-state index < -0.39 is 0 Å². The average Bonchev–Trinajstić information content (AvgIpc) is 0. The van der Waals surface area contributed by atoms with Crippen LogP contribution in [0.5, 0.6) is 0 Å². The maximum Gasteiger partial charge on any atom is 0 e. The van der Waals surface area contributed by atoms with Gasteiger partial charge in [-0.1, -0.05) is 0 Å². The van der Waals surface area contributed by atoms with Gasteiger partial charge in [-0.2, -0.15) is 9.90 Å². The van der Waals surface area contributed by atoms with Crippen LogP contribution >= 0.6 is 9.90 Å². The topological polar surface area (TPSA) is 98.0 Å². The van der Waals surface area contributed by atoms with Crippen molar-refractivity contribution < 1.29 is 54.4 Å². The van der Waals surface area contributed by atoms with Gasteiger partial charge in [-0.15, -0.1) is 0 Å². The monoisotopic (exact) mass is 403 g/mol. The zero-order chi connectivity index (χ0) is 0. The van der Waals surface area contributed by atoms with E-state index in [1.54, 1.807) is 0 Å². The molecular weight excluding hydrogens is 393 g/mol. The van der Waals surface area contributed by atoms with Gasteiger partial charge in [-0.05, 0) is 0 Å². The Morgan fingerprint density at radius 3 is 0.857 bits per heavy atom. The fourth-order valence-corrected chi connectivity index (χ4v) is 0. The predicted octanol–water partition coefficient (Wildman–Crippen LogP) is -1.82. The molecule has 0 fully saturated rings. The second-order valence-corrected chi connectivity index (χ2v) is 0. The molecule has 1 atom stereocenters. The molecule has 7 heteroatoms. The Kier molecular flexibility index (Phi) is 660. The Morgan fingerprint density at radius 2 is 0.857 bits per heavy atom. The first-order valence-corrected chi connectivity index (χ1v) is 0. The molecule has 1 unspecified atom stereocenters. The minimum atomic E-state index is 0. The molecule has 0 saturated heterocycles. The summed E-state index contributed by atoms with van der Waals surface area (Å²) in [6.07, 6.45) is 0. The van der Waals surface area contributed by atoms with E-state index in [2.05, 4.69) is 0 Å². The second kappa shape index (κ2) is 57.7. The molecule has 0 spiro atoms. The fraction of sp³-hybridized carbons (Fsp3) is 0. The summed E-state index contributed by atoms with van der Waals surface area (Å²) in [7, 11) is 0. The Morgan fingerprint density at radius 1 is 0.857 bits per heavy atom. The summed E-state index contributed by atoms with van der Waals surface area (Å²) in [5, 5.41) is 0. The third kappa shape index (κ3) is 44.8. The van der Waals surface area contributed by atoms with E-state index in [0.29, 0.717) is 0 Å². The first kappa shape index (κ1) is 80.1. The smallest absolute Gasteiger partial charge is 0 e. The third-order valence-electron chi connectivity index (χ3n) is 0. The molecule has 0 heterocycles. The molecule has 44 valence electrons. The number of hydrogen-bond donors (Lipinski definition) is 1. The molecule has 0 amide bonds. The van der Waals surface area contributed by atoms with Crippen LogP contribution in [-0.2, 0) is 43.4 Å². The van der Waals surface area contributed by atoms with E-state index in [4.69, 9.17) is 0 Å². The Bertz CT molecular complexity index is 17.7. The largest absolute Gasteiger partial charge is 0.412 e. The summed E-state index contributed by atoms with van der Waals surface area (Å²) in [6, 6.07) is 0. The van der Waals surface area contributed by atoms with Crippen LogP contribution in [-0.4, -0.2) is 62.3 Å². The van der Waals surface area contributed by atoms with Crippen LogP contribution in [0.4, 0.5) is 0 Å². The maximum absolute atomic E-state index is 0. The van der Waals surface area contributed by atoms with E-state index in [1.165, 1.54) is 0 Å². The van der Waals surface area contributed by atoms with Gasteiger partial charge in [0.2, 0.25) is 0 Å². The minimum absolute atomic E-state index is 0. The molecule has 0 aliphatic rings. The molecule has 3 nitrogen and oxygen atoms in total. The quantitative estimate of drug-likeness (QED) is 0.375. The fourth-order valence-electron chi connectivity index (χ4n) is 0. The van der Waals surface area contributed by atoms with Crippen molar-refractivity contribution in [3.8, 4) is 0 Å². The summed E-state index contributed by atoms with van der Waals surface area (Å²) in [5.74, 6) is 0. The zero-order valence-electron chi connectivity index (χ0n) is 4.27.